The molecule has 1 aromatic heterocycles. The van der Waals surface area contributed by atoms with Gasteiger partial charge in [0.2, 0.25) is 5.75 Å². The fourth-order valence-electron chi connectivity index (χ4n) is 1.99. The van der Waals surface area contributed by atoms with Gasteiger partial charge < -0.3 is 15.6 Å². The summed E-state index contributed by atoms with van der Waals surface area (Å²) < 4.78 is 4.88. The summed E-state index contributed by atoms with van der Waals surface area (Å²) in [6.07, 6.45) is 1.74. The zero-order valence-electron chi connectivity index (χ0n) is 13.3. The van der Waals surface area contributed by atoms with Crippen molar-refractivity contribution in [2.24, 2.45) is 5.10 Å². The number of aryl methyl sites for hydroxylation is 1. The van der Waals surface area contributed by atoms with Crippen LogP contribution < -0.4 is 15.9 Å². The third-order valence-corrected chi connectivity index (χ3v) is 4.05. The number of methoxy groups -OCH3 is 1. The molecule has 0 spiro atoms. The lowest BCUT2D eigenvalue weighted by Crippen LogP contribution is -2.17. The number of hydrogen-bond donors (Lipinski definition) is 3. The Morgan fingerprint density at radius 1 is 1.60 bits per heavy atom. The van der Waals surface area contributed by atoms with E-state index in [-0.39, 0.29) is 16.4 Å². The minimum atomic E-state index is -0.749. The first kappa shape index (κ1) is 18.1. The highest BCUT2D eigenvalue weighted by Gasteiger charge is 2.19. The molecule has 11 heteroatoms. The molecule has 0 atom stereocenters. The van der Waals surface area contributed by atoms with Gasteiger partial charge >= 0.3 is 5.69 Å². The molecule has 0 saturated carbocycles. The molecule has 1 heterocycles. The number of nitro groups is 1. The number of nitrogens with one attached hydrogen (secondary N) is 1. The van der Waals surface area contributed by atoms with Gasteiger partial charge in [0.25, 0.3) is 5.91 Å². The van der Waals surface area contributed by atoms with E-state index in [9.17, 15) is 20.0 Å². The number of nitrogens with two attached hydrogens (primary N) is 1. The minimum absolute atomic E-state index is 0.0783. The number of hydrazone groups is 1. The van der Waals surface area contributed by atoms with Gasteiger partial charge in [0, 0.05) is 11.6 Å². The summed E-state index contributed by atoms with van der Waals surface area (Å²) in [5.41, 5.74) is 8.20. The molecule has 2 aromatic rings. The van der Waals surface area contributed by atoms with E-state index >= 15 is 0 Å². The number of benzene rings is 1. The number of phenols is 1. The highest BCUT2D eigenvalue weighted by atomic mass is 32.1. The quantitative estimate of drug-likeness (QED) is 0.400. The molecule has 0 fully saturated rings. The van der Waals surface area contributed by atoms with E-state index in [2.05, 4.69) is 15.5 Å². The second kappa shape index (κ2) is 7.57. The van der Waals surface area contributed by atoms with Crippen LogP contribution in [-0.4, -0.2) is 34.2 Å². The molecule has 0 radical (unpaired) electrons. The first-order valence-corrected chi connectivity index (χ1v) is 7.83. The van der Waals surface area contributed by atoms with Gasteiger partial charge in [-0.2, -0.15) is 5.10 Å². The topological polar surface area (TPSA) is 153 Å². The van der Waals surface area contributed by atoms with E-state index in [1.54, 1.807) is 0 Å². The summed E-state index contributed by atoms with van der Waals surface area (Å²) >= 11 is 1.05. The van der Waals surface area contributed by atoms with E-state index in [4.69, 9.17) is 10.5 Å². The zero-order chi connectivity index (χ0) is 18.6. The number of nitrogens with zero attached hydrogens (tertiary/aromatic N) is 3. The standard InChI is InChI=1S/C14H15N5O5S/c1-3-8-12(25-14(15)17-8)13(21)18-16-6-7-4-9(19(22)23)11(20)10(5-7)24-2/h4-6,20H,3H2,1-2H3,(H2,15,17)(H,18,21)/b16-6-. The molecule has 0 aliphatic carbocycles. The van der Waals surface area contributed by atoms with Crippen LogP contribution in [-0.2, 0) is 6.42 Å². The zero-order valence-corrected chi connectivity index (χ0v) is 14.2. The number of hydrogen-bond acceptors (Lipinski definition) is 9. The van der Waals surface area contributed by atoms with E-state index in [0.29, 0.717) is 17.0 Å². The van der Waals surface area contributed by atoms with Crippen molar-refractivity contribution in [1.82, 2.24) is 10.4 Å². The smallest absolute Gasteiger partial charge is 0.315 e. The number of anilines is 1. The maximum atomic E-state index is 12.1. The number of carbonyl (C=O) groups excluding carboxylic acids is 1. The highest BCUT2D eigenvalue weighted by Crippen LogP contribution is 2.36. The number of thiazole rings is 1. The molecule has 1 amide bonds. The summed E-state index contributed by atoms with van der Waals surface area (Å²) in [5.74, 6) is -1.14. The Bertz CT molecular complexity index is 848. The third-order valence-electron chi connectivity index (χ3n) is 3.13. The van der Waals surface area contributed by atoms with E-state index in [1.807, 2.05) is 6.92 Å². The second-order valence-corrected chi connectivity index (χ2v) is 5.76. The summed E-state index contributed by atoms with van der Waals surface area (Å²) in [5, 5.41) is 24.7. The summed E-state index contributed by atoms with van der Waals surface area (Å²) in [4.78, 5) is 26.7. The molecule has 25 heavy (non-hydrogen) atoms. The number of carbonyl (C=O) groups is 1. The molecule has 0 aliphatic heterocycles. The van der Waals surface area contributed by atoms with E-state index in [1.165, 1.54) is 19.4 Å². The monoisotopic (exact) mass is 365 g/mol. The van der Waals surface area contributed by atoms with Crippen molar-refractivity contribution >= 4 is 34.3 Å². The number of ether oxygens (including phenoxy) is 1. The maximum absolute atomic E-state index is 12.1. The van der Waals surface area contributed by atoms with Crippen molar-refractivity contribution in [2.45, 2.75) is 13.3 Å². The largest absolute Gasteiger partial charge is 0.500 e. The highest BCUT2D eigenvalue weighted by molar-refractivity contribution is 7.17. The van der Waals surface area contributed by atoms with Crippen molar-refractivity contribution in [2.75, 3.05) is 12.8 Å². The number of aromatic hydroxyl groups is 1. The van der Waals surface area contributed by atoms with Crippen LogP contribution in [0.1, 0.15) is 27.9 Å². The number of nitrogen functional groups attached to an aromatic ring is 1. The first-order valence-electron chi connectivity index (χ1n) is 7.01. The lowest BCUT2D eigenvalue weighted by molar-refractivity contribution is -0.386. The predicted molar refractivity (Wildman–Crippen MR) is 92.3 cm³/mol. The van der Waals surface area contributed by atoms with Crippen LogP contribution >= 0.6 is 11.3 Å². The molecule has 0 aliphatic rings. The Labute approximate surface area is 146 Å². The number of phenolic OH excluding ortho intramolecular Hbond substituents is 1. The lowest BCUT2D eigenvalue weighted by Gasteiger charge is -2.05. The van der Waals surface area contributed by atoms with Gasteiger partial charge in [0.05, 0.1) is 23.9 Å². The molecule has 0 saturated heterocycles. The fraction of sp³-hybridized carbons (Fsp3) is 0.214. The molecule has 4 N–H and O–H groups in total. The van der Waals surface area contributed by atoms with Gasteiger partial charge in [-0.15, -0.1) is 0 Å². The lowest BCUT2D eigenvalue weighted by atomic mass is 10.2. The first-order chi connectivity index (χ1) is 11.9. The molecular weight excluding hydrogens is 350 g/mol. The minimum Gasteiger partial charge on any atom is -0.500 e. The Hall–Kier alpha value is -3.21. The Morgan fingerprint density at radius 3 is 2.92 bits per heavy atom. The summed E-state index contributed by atoms with van der Waals surface area (Å²) in [7, 11) is 1.27. The van der Waals surface area contributed by atoms with Crippen LogP contribution in [0.25, 0.3) is 0 Å². The van der Waals surface area contributed by atoms with Crippen LogP contribution in [0, 0.1) is 10.1 Å². The molecular formula is C14H15N5O5S. The molecule has 132 valence electrons. The SMILES string of the molecule is CCc1nc(N)sc1C(=O)N/N=C\c1cc(OC)c(O)c([N+](=O)[O-])c1. The van der Waals surface area contributed by atoms with Crippen LogP contribution in [0.15, 0.2) is 17.2 Å². The van der Waals surface area contributed by atoms with Crippen LogP contribution in [0.4, 0.5) is 10.8 Å². The average molecular weight is 365 g/mol. The Kier molecular flexibility index (Phi) is 5.49. The second-order valence-electron chi connectivity index (χ2n) is 4.73. The Balaban J connectivity index is 2.20. The van der Waals surface area contributed by atoms with E-state index in [0.717, 1.165) is 17.4 Å². The molecule has 2 rings (SSSR count). The fourth-order valence-corrected chi connectivity index (χ4v) is 2.80. The predicted octanol–water partition coefficient (Wildman–Crippen LogP) is 1.67. The van der Waals surface area contributed by atoms with Crippen molar-refractivity contribution < 1.29 is 19.6 Å². The average Bonchev–Trinajstić information content (AvgIpc) is 2.96. The molecule has 0 unspecified atom stereocenters. The van der Waals surface area contributed by atoms with Crippen LogP contribution in [0.2, 0.25) is 0 Å². The summed E-state index contributed by atoms with van der Waals surface area (Å²) in [6.45, 7) is 1.84. The Morgan fingerprint density at radius 2 is 2.32 bits per heavy atom. The molecule has 10 nitrogen and oxygen atoms in total. The number of nitro benzene ring substituents is 1. The van der Waals surface area contributed by atoms with Gasteiger partial charge in [-0.05, 0) is 12.5 Å². The van der Waals surface area contributed by atoms with Crippen molar-refractivity contribution in [3.63, 3.8) is 0 Å². The number of rotatable bonds is 6. The van der Waals surface area contributed by atoms with Gasteiger partial charge in [0.15, 0.2) is 10.9 Å². The van der Waals surface area contributed by atoms with Gasteiger partial charge in [-0.25, -0.2) is 10.4 Å². The number of aromatic nitrogens is 1. The van der Waals surface area contributed by atoms with Crippen molar-refractivity contribution in [3.05, 3.63) is 38.4 Å². The van der Waals surface area contributed by atoms with Crippen molar-refractivity contribution in [3.8, 4) is 11.5 Å². The number of amides is 1. The maximum Gasteiger partial charge on any atom is 0.315 e. The molecule has 1 aromatic carbocycles. The van der Waals surface area contributed by atoms with Gasteiger partial charge in [-0.3, -0.25) is 14.9 Å². The van der Waals surface area contributed by atoms with E-state index < -0.39 is 22.3 Å². The van der Waals surface area contributed by atoms with Gasteiger partial charge in [-0.1, -0.05) is 18.3 Å². The van der Waals surface area contributed by atoms with Crippen LogP contribution in [0.3, 0.4) is 0 Å². The van der Waals surface area contributed by atoms with Crippen LogP contribution in [0.5, 0.6) is 11.5 Å². The van der Waals surface area contributed by atoms with Gasteiger partial charge in [0.1, 0.15) is 4.88 Å². The van der Waals surface area contributed by atoms with Crippen molar-refractivity contribution in [1.29, 1.82) is 0 Å². The normalized spacial score (nSPS) is 10.8. The molecule has 0 bridgehead atoms. The summed E-state index contributed by atoms with van der Waals surface area (Å²) in [6, 6.07) is 2.45. The third kappa shape index (κ3) is 4.01.